The summed E-state index contributed by atoms with van der Waals surface area (Å²) in [6.07, 6.45) is 1.70. The molecule has 1 fully saturated rings. The minimum atomic E-state index is -3.57. The van der Waals surface area contributed by atoms with E-state index in [0.717, 1.165) is 35.3 Å². The molecule has 3 rings (SSSR count). The van der Waals surface area contributed by atoms with Crippen LogP contribution in [0.1, 0.15) is 17.5 Å². The number of sulfonamides is 1. The average molecular weight is 414 g/mol. The third kappa shape index (κ3) is 6.44. The number of hydrogen-bond donors (Lipinski definition) is 1. The molecule has 1 amide bonds. The van der Waals surface area contributed by atoms with E-state index in [1.807, 2.05) is 49.4 Å². The number of anilines is 1. The highest BCUT2D eigenvalue weighted by atomic mass is 32.2. The molecule has 7 heteroatoms. The molecule has 2 aromatic rings. The number of para-hydroxylation sites is 1. The number of aryl methyl sites for hydroxylation is 1. The predicted octanol–water partition coefficient (Wildman–Crippen LogP) is 2.62. The van der Waals surface area contributed by atoms with Gasteiger partial charge in [-0.25, -0.2) is 13.1 Å². The molecule has 1 N–H and O–H groups in total. The van der Waals surface area contributed by atoms with Crippen LogP contribution < -0.4 is 9.62 Å². The van der Waals surface area contributed by atoms with E-state index in [9.17, 15) is 13.2 Å². The van der Waals surface area contributed by atoms with Crippen molar-refractivity contribution in [2.75, 3.05) is 37.6 Å². The summed E-state index contributed by atoms with van der Waals surface area (Å²) in [5, 5.41) is 1.14. The van der Waals surface area contributed by atoms with Crippen LogP contribution in [0, 0.1) is 6.92 Å². The van der Waals surface area contributed by atoms with E-state index in [0.29, 0.717) is 13.1 Å². The molecule has 154 valence electrons. The fourth-order valence-corrected chi connectivity index (χ4v) is 4.02. The lowest BCUT2D eigenvalue weighted by atomic mass is 10.2. The first-order chi connectivity index (χ1) is 13.9. The summed E-state index contributed by atoms with van der Waals surface area (Å²) in [4.78, 5) is 16.4. The summed E-state index contributed by atoms with van der Waals surface area (Å²) in [5.74, 6) is -0.0251. The summed E-state index contributed by atoms with van der Waals surface area (Å²) < 4.78 is 26.7. The number of rotatable bonds is 7. The van der Waals surface area contributed by atoms with Gasteiger partial charge in [0.15, 0.2) is 0 Å². The van der Waals surface area contributed by atoms with Gasteiger partial charge in [-0.15, -0.1) is 0 Å². The molecule has 6 nitrogen and oxygen atoms in total. The molecular weight excluding hydrogens is 386 g/mol. The average Bonchev–Trinajstić information content (AvgIpc) is 2.74. The van der Waals surface area contributed by atoms with Gasteiger partial charge in [0.1, 0.15) is 0 Å². The minimum absolute atomic E-state index is 0.0251. The predicted molar refractivity (Wildman–Crippen MR) is 117 cm³/mol. The molecule has 0 aromatic heterocycles. The first-order valence-corrected chi connectivity index (χ1v) is 11.3. The molecule has 0 radical (unpaired) electrons. The number of carbonyl (C=O) groups excluding carboxylic acids is 1. The Balaban J connectivity index is 1.42. The van der Waals surface area contributed by atoms with Gasteiger partial charge in [-0.05, 0) is 30.7 Å². The van der Waals surface area contributed by atoms with Crippen molar-refractivity contribution in [2.45, 2.75) is 13.3 Å². The second kappa shape index (κ2) is 9.71. The second-order valence-electron chi connectivity index (χ2n) is 7.11. The van der Waals surface area contributed by atoms with Crippen LogP contribution in [0.3, 0.4) is 0 Å². The standard InChI is InChI=1S/C22H27N3O3S/c1-19-7-9-20(10-8-19)12-18-29(27,28)23-13-11-22(26)25-16-14-24(15-17-25)21-5-3-2-4-6-21/h2-10,12,18,23H,11,13-17H2,1H3/b18-12+. The van der Waals surface area contributed by atoms with Gasteiger partial charge in [-0.3, -0.25) is 4.79 Å². The highest BCUT2D eigenvalue weighted by Gasteiger charge is 2.21. The zero-order valence-electron chi connectivity index (χ0n) is 16.6. The molecule has 0 bridgehead atoms. The fourth-order valence-electron chi connectivity index (χ4n) is 3.21. The molecule has 1 saturated heterocycles. The summed E-state index contributed by atoms with van der Waals surface area (Å²) in [6.45, 7) is 4.92. The monoisotopic (exact) mass is 413 g/mol. The Bertz CT molecular complexity index is 933. The van der Waals surface area contributed by atoms with Gasteiger partial charge in [0.25, 0.3) is 0 Å². The molecule has 0 saturated carbocycles. The molecule has 1 heterocycles. The van der Waals surface area contributed by atoms with E-state index in [1.165, 1.54) is 0 Å². The number of hydrogen-bond acceptors (Lipinski definition) is 4. The van der Waals surface area contributed by atoms with E-state index in [2.05, 4.69) is 21.8 Å². The van der Waals surface area contributed by atoms with Gasteiger partial charge >= 0.3 is 0 Å². The van der Waals surface area contributed by atoms with Gasteiger partial charge in [-0.1, -0.05) is 48.0 Å². The van der Waals surface area contributed by atoms with E-state index in [-0.39, 0.29) is 18.9 Å². The SMILES string of the molecule is Cc1ccc(/C=C/S(=O)(=O)NCCC(=O)N2CCN(c3ccccc3)CC2)cc1. The highest BCUT2D eigenvalue weighted by molar-refractivity contribution is 7.92. The van der Waals surface area contributed by atoms with Crippen LogP contribution in [0.5, 0.6) is 0 Å². The minimum Gasteiger partial charge on any atom is -0.368 e. The van der Waals surface area contributed by atoms with Gasteiger partial charge in [0.05, 0.1) is 0 Å². The van der Waals surface area contributed by atoms with E-state index >= 15 is 0 Å². The molecule has 2 aromatic carbocycles. The van der Waals surface area contributed by atoms with Crippen molar-refractivity contribution in [2.24, 2.45) is 0 Å². The summed E-state index contributed by atoms with van der Waals surface area (Å²) >= 11 is 0. The topological polar surface area (TPSA) is 69.7 Å². The van der Waals surface area contributed by atoms with Crippen LogP contribution >= 0.6 is 0 Å². The quantitative estimate of drug-likeness (QED) is 0.758. The molecule has 29 heavy (non-hydrogen) atoms. The van der Waals surface area contributed by atoms with Crippen molar-refractivity contribution in [1.29, 1.82) is 0 Å². The lowest BCUT2D eigenvalue weighted by molar-refractivity contribution is -0.131. The smallest absolute Gasteiger partial charge is 0.233 e. The molecule has 0 aliphatic carbocycles. The fraction of sp³-hybridized carbons (Fsp3) is 0.318. The van der Waals surface area contributed by atoms with Crippen molar-refractivity contribution >= 4 is 27.7 Å². The Hall–Kier alpha value is -2.64. The summed E-state index contributed by atoms with van der Waals surface area (Å²) in [7, 11) is -3.57. The highest BCUT2D eigenvalue weighted by Crippen LogP contribution is 2.15. The Morgan fingerprint density at radius 1 is 1.00 bits per heavy atom. The van der Waals surface area contributed by atoms with E-state index < -0.39 is 10.0 Å². The number of nitrogens with one attached hydrogen (secondary N) is 1. The number of nitrogens with zero attached hydrogens (tertiary/aromatic N) is 2. The lowest BCUT2D eigenvalue weighted by Crippen LogP contribution is -2.49. The third-order valence-electron chi connectivity index (χ3n) is 4.91. The van der Waals surface area contributed by atoms with Crippen molar-refractivity contribution in [3.8, 4) is 0 Å². The van der Waals surface area contributed by atoms with Crippen LogP contribution in [0.15, 0.2) is 60.0 Å². The van der Waals surface area contributed by atoms with Crippen LogP contribution in [0.4, 0.5) is 5.69 Å². The molecule has 0 spiro atoms. The lowest BCUT2D eigenvalue weighted by Gasteiger charge is -2.36. The summed E-state index contributed by atoms with van der Waals surface area (Å²) in [6, 6.07) is 17.7. The van der Waals surface area contributed by atoms with Gasteiger partial charge in [0, 0.05) is 50.2 Å². The molecule has 0 unspecified atom stereocenters. The van der Waals surface area contributed by atoms with Crippen LogP contribution in [-0.4, -0.2) is 51.9 Å². The van der Waals surface area contributed by atoms with Crippen molar-refractivity contribution < 1.29 is 13.2 Å². The normalized spacial score (nSPS) is 15.1. The maximum Gasteiger partial charge on any atom is 0.233 e. The summed E-state index contributed by atoms with van der Waals surface area (Å²) in [5.41, 5.74) is 3.09. The molecular formula is C22H27N3O3S. The van der Waals surface area contributed by atoms with Crippen LogP contribution in [0.2, 0.25) is 0 Å². The van der Waals surface area contributed by atoms with Crippen LogP contribution in [-0.2, 0) is 14.8 Å². The Morgan fingerprint density at radius 2 is 1.66 bits per heavy atom. The Labute approximate surface area is 172 Å². The van der Waals surface area contributed by atoms with Crippen molar-refractivity contribution in [1.82, 2.24) is 9.62 Å². The number of amides is 1. The van der Waals surface area contributed by atoms with Gasteiger partial charge in [0.2, 0.25) is 15.9 Å². The molecule has 1 aliphatic rings. The van der Waals surface area contributed by atoms with Crippen molar-refractivity contribution in [3.63, 3.8) is 0 Å². The molecule has 0 atom stereocenters. The second-order valence-corrected chi connectivity index (χ2v) is 8.76. The number of piperazine rings is 1. The van der Waals surface area contributed by atoms with Crippen LogP contribution in [0.25, 0.3) is 6.08 Å². The first-order valence-electron chi connectivity index (χ1n) is 9.75. The Morgan fingerprint density at radius 3 is 2.31 bits per heavy atom. The number of benzene rings is 2. The Kier molecular flexibility index (Phi) is 7.06. The third-order valence-corrected chi connectivity index (χ3v) is 6.01. The maximum atomic E-state index is 12.4. The van der Waals surface area contributed by atoms with E-state index in [1.54, 1.807) is 11.0 Å². The van der Waals surface area contributed by atoms with Gasteiger partial charge in [-0.2, -0.15) is 0 Å². The first kappa shape index (κ1) is 21.1. The van der Waals surface area contributed by atoms with Crippen molar-refractivity contribution in [3.05, 3.63) is 71.1 Å². The largest absolute Gasteiger partial charge is 0.368 e. The van der Waals surface area contributed by atoms with Gasteiger partial charge < -0.3 is 9.80 Å². The zero-order chi connectivity index (χ0) is 20.7. The zero-order valence-corrected chi connectivity index (χ0v) is 17.4. The number of carbonyl (C=O) groups is 1. The van der Waals surface area contributed by atoms with E-state index in [4.69, 9.17) is 0 Å². The molecule has 1 aliphatic heterocycles. The maximum absolute atomic E-state index is 12.4.